The van der Waals surface area contributed by atoms with E-state index in [-0.39, 0.29) is 17.8 Å². The van der Waals surface area contributed by atoms with Crippen molar-refractivity contribution in [2.45, 2.75) is 29.3 Å². The molecule has 1 heterocycles. The van der Waals surface area contributed by atoms with E-state index >= 15 is 0 Å². The van der Waals surface area contributed by atoms with Crippen LogP contribution in [-0.4, -0.2) is 26.2 Å². The number of urea groups is 1. The number of hydrogen-bond acceptors (Lipinski definition) is 3. The molecular weight excluding hydrogens is 324 g/mol. The molecule has 1 aliphatic carbocycles. The van der Waals surface area contributed by atoms with Gasteiger partial charge in [0.05, 0.1) is 16.7 Å². The summed E-state index contributed by atoms with van der Waals surface area (Å²) in [6.45, 7) is 0. The lowest BCUT2D eigenvalue weighted by atomic mass is 10.1. The zero-order valence-electron chi connectivity index (χ0n) is 13.0. The van der Waals surface area contributed by atoms with Gasteiger partial charge in [0.25, 0.3) is 0 Å². The molecule has 4 rings (SSSR count). The first kappa shape index (κ1) is 15.2. The fraction of sp³-hybridized carbons (Fsp3) is 0.278. The number of amides is 2. The van der Waals surface area contributed by atoms with Gasteiger partial charge in [-0.25, -0.2) is 13.2 Å². The number of carbonyl (C=O) groups is 1. The van der Waals surface area contributed by atoms with Gasteiger partial charge in [0.1, 0.15) is 0 Å². The Kier molecular flexibility index (Phi) is 3.57. The quantitative estimate of drug-likeness (QED) is 0.899. The molecule has 0 unspecified atom stereocenters. The molecule has 0 spiro atoms. The lowest BCUT2D eigenvalue weighted by Crippen LogP contribution is -2.40. The second-order valence-corrected chi connectivity index (χ2v) is 8.35. The highest BCUT2D eigenvalue weighted by atomic mass is 32.2. The van der Waals surface area contributed by atoms with Gasteiger partial charge < -0.3 is 10.6 Å². The average molecular weight is 342 g/mol. The Morgan fingerprint density at radius 2 is 1.67 bits per heavy atom. The van der Waals surface area contributed by atoms with Crippen LogP contribution < -0.4 is 10.6 Å². The van der Waals surface area contributed by atoms with Gasteiger partial charge in [0, 0.05) is 12.0 Å². The molecule has 3 atom stereocenters. The number of nitrogens with one attached hydrogen (secondary N) is 2. The second kappa shape index (κ2) is 5.63. The number of benzene rings is 2. The minimum atomic E-state index is -3.31. The summed E-state index contributed by atoms with van der Waals surface area (Å²) in [6, 6.07) is 16.2. The van der Waals surface area contributed by atoms with E-state index in [0.29, 0.717) is 16.4 Å². The molecule has 6 heteroatoms. The van der Waals surface area contributed by atoms with Crippen LogP contribution in [0.25, 0.3) is 0 Å². The summed E-state index contributed by atoms with van der Waals surface area (Å²) in [5, 5.41) is 5.75. The van der Waals surface area contributed by atoms with Gasteiger partial charge in [-0.15, -0.1) is 0 Å². The Balaban J connectivity index is 1.40. The average Bonchev–Trinajstić information content (AvgIpc) is 3.28. The molecular formula is C18H18N2O3S. The molecule has 0 radical (unpaired) electrons. The Morgan fingerprint density at radius 3 is 2.46 bits per heavy atom. The van der Waals surface area contributed by atoms with Crippen molar-refractivity contribution in [3.8, 4) is 0 Å². The van der Waals surface area contributed by atoms with Crippen LogP contribution in [0.5, 0.6) is 0 Å². The van der Waals surface area contributed by atoms with Gasteiger partial charge in [-0.1, -0.05) is 48.5 Å². The van der Waals surface area contributed by atoms with Gasteiger partial charge in [-0.2, -0.15) is 0 Å². The van der Waals surface area contributed by atoms with Crippen molar-refractivity contribution >= 4 is 15.9 Å². The number of hydrogen-bond donors (Lipinski definition) is 2. The molecule has 5 nitrogen and oxygen atoms in total. The van der Waals surface area contributed by atoms with Crippen molar-refractivity contribution in [2.24, 2.45) is 0 Å². The molecule has 124 valence electrons. The number of rotatable bonds is 3. The molecule has 1 fully saturated rings. The lowest BCUT2D eigenvalue weighted by molar-refractivity contribution is 0.237. The highest BCUT2D eigenvalue weighted by molar-refractivity contribution is 7.91. The second-order valence-electron chi connectivity index (χ2n) is 6.35. The minimum absolute atomic E-state index is 0.0768. The fourth-order valence-electron chi connectivity index (χ4n) is 3.36. The van der Waals surface area contributed by atoms with Crippen molar-refractivity contribution in [3.05, 3.63) is 65.7 Å². The number of fused-ring (bicyclic) bond motifs is 1. The van der Waals surface area contributed by atoms with Gasteiger partial charge >= 0.3 is 6.03 Å². The van der Waals surface area contributed by atoms with E-state index in [1.807, 2.05) is 18.2 Å². The molecule has 2 aromatic rings. The Morgan fingerprint density at radius 1 is 0.958 bits per heavy atom. The fourth-order valence-corrected chi connectivity index (χ4v) is 5.10. The Labute approximate surface area is 141 Å². The SMILES string of the molecule is O=C(N[C@H]1C[C@H]1c1ccccc1)N[C@@H]1CS(=O)(=O)c2ccccc21. The molecule has 0 bridgehead atoms. The predicted molar refractivity (Wildman–Crippen MR) is 90.5 cm³/mol. The Hall–Kier alpha value is -2.34. The van der Waals surface area contributed by atoms with Crippen LogP contribution in [0.3, 0.4) is 0 Å². The van der Waals surface area contributed by atoms with E-state index in [0.717, 1.165) is 6.42 Å². The maximum Gasteiger partial charge on any atom is 0.315 e. The van der Waals surface area contributed by atoms with Gasteiger partial charge in [-0.05, 0) is 23.6 Å². The van der Waals surface area contributed by atoms with Crippen molar-refractivity contribution in [2.75, 3.05) is 5.75 Å². The van der Waals surface area contributed by atoms with Crippen LogP contribution in [0.1, 0.15) is 29.5 Å². The summed E-state index contributed by atoms with van der Waals surface area (Å²) in [5.74, 6) is 0.267. The van der Waals surface area contributed by atoms with Crippen molar-refractivity contribution in [1.82, 2.24) is 10.6 Å². The molecule has 0 saturated heterocycles. The summed E-state index contributed by atoms with van der Waals surface area (Å²) in [5.41, 5.74) is 1.89. The molecule has 2 aliphatic rings. The van der Waals surface area contributed by atoms with Crippen molar-refractivity contribution in [3.63, 3.8) is 0 Å². The van der Waals surface area contributed by atoms with Crippen LogP contribution in [0.4, 0.5) is 4.79 Å². The van der Waals surface area contributed by atoms with Crippen LogP contribution in [-0.2, 0) is 9.84 Å². The zero-order chi connectivity index (χ0) is 16.7. The zero-order valence-corrected chi connectivity index (χ0v) is 13.8. The molecule has 24 heavy (non-hydrogen) atoms. The van der Waals surface area contributed by atoms with E-state index in [2.05, 4.69) is 22.8 Å². The van der Waals surface area contributed by atoms with Crippen molar-refractivity contribution in [1.29, 1.82) is 0 Å². The van der Waals surface area contributed by atoms with Gasteiger partial charge in [-0.3, -0.25) is 0 Å². The first-order chi connectivity index (χ1) is 11.5. The highest BCUT2D eigenvalue weighted by Crippen LogP contribution is 2.40. The maximum atomic E-state index is 12.2. The number of sulfone groups is 1. The third kappa shape index (κ3) is 2.78. The molecule has 2 N–H and O–H groups in total. The van der Waals surface area contributed by atoms with Crippen LogP contribution >= 0.6 is 0 Å². The summed E-state index contributed by atoms with van der Waals surface area (Å²) in [6.07, 6.45) is 0.914. The third-order valence-corrected chi connectivity index (χ3v) is 6.47. The smallest absolute Gasteiger partial charge is 0.315 e. The Bertz CT molecular complexity index is 880. The van der Waals surface area contributed by atoms with Crippen LogP contribution in [0.2, 0.25) is 0 Å². The van der Waals surface area contributed by atoms with Gasteiger partial charge in [0.2, 0.25) is 0 Å². The minimum Gasteiger partial charge on any atom is -0.335 e. The molecule has 2 amide bonds. The predicted octanol–water partition coefficient (Wildman–Crippen LogP) is 2.37. The van der Waals surface area contributed by atoms with Crippen LogP contribution in [0.15, 0.2) is 59.5 Å². The summed E-state index contributed by atoms with van der Waals surface area (Å²) in [7, 11) is -3.31. The standard InChI is InChI=1S/C18H18N2O3S/c21-18(19-15-10-14(15)12-6-2-1-3-7-12)20-16-11-24(22,23)17-9-5-4-8-13(16)17/h1-9,14-16H,10-11H2,(H2,19,20,21)/t14-,15-,16+/m0/s1. The van der Waals surface area contributed by atoms with E-state index in [4.69, 9.17) is 0 Å². The number of carbonyl (C=O) groups excluding carboxylic acids is 1. The first-order valence-electron chi connectivity index (χ1n) is 7.98. The van der Waals surface area contributed by atoms with E-state index in [1.165, 1.54) is 5.56 Å². The van der Waals surface area contributed by atoms with E-state index < -0.39 is 15.9 Å². The summed E-state index contributed by atoms with van der Waals surface area (Å²) < 4.78 is 24.3. The topological polar surface area (TPSA) is 75.3 Å². The molecule has 2 aromatic carbocycles. The largest absolute Gasteiger partial charge is 0.335 e. The summed E-state index contributed by atoms with van der Waals surface area (Å²) >= 11 is 0. The van der Waals surface area contributed by atoms with E-state index in [9.17, 15) is 13.2 Å². The lowest BCUT2D eigenvalue weighted by Gasteiger charge is -2.13. The first-order valence-corrected chi connectivity index (χ1v) is 9.63. The highest BCUT2D eigenvalue weighted by Gasteiger charge is 2.40. The summed E-state index contributed by atoms with van der Waals surface area (Å²) in [4.78, 5) is 12.6. The molecule has 1 aliphatic heterocycles. The third-order valence-electron chi connectivity index (χ3n) is 4.66. The molecule has 1 saturated carbocycles. The monoisotopic (exact) mass is 342 g/mol. The van der Waals surface area contributed by atoms with Crippen molar-refractivity contribution < 1.29 is 13.2 Å². The molecule has 0 aromatic heterocycles. The van der Waals surface area contributed by atoms with Gasteiger partial charge in [0.15, 0.2) is 9.84 Å². The van der Waals surface area contributed by atoms with Crippen LogP contribution in [0, 0.1) is 0 Å². The van der Waals surface area contributed by atoms with E-state index in [1.54, 1.807) is 24.3 Å². The maximum absolute atomic E-state index is 12.2. The normalized spacial score (nSPS) is 26.4.